The molecule has 1 heterocycles. The smallest absolute Gasteiger partial charge is 0.422 e. The van der Waals surface area contributed by atoms with Crippen LogP contribution in [0.25, 0.3) is 0 Å². The first-order valence-corrected chi connectivity index (χ1v) is 8.20. The summed E-state index contributed by atoms with van der Waals surface area (Å²) >= 11 is 0. The summed E-state index contributed by atoms with van der Waals surface area (Å²) in [4.78, 5) is 16.2. The van der Waals surface area contributed by atoms with E-state index in [0.717, 1.165) is 51.1 Å². The SMILES string of the molecule is O=C(C1CC1)N1CCN(Cc2ccc(OCC(F)(F)F)cc2)CC1. The molecule has 3 rings (SSSR count). The molecule has 0 atom stereocenters. The lowest BCUT2D eigenvalue weighted by molar-refractivity contribution is -0.153. The van der Waals surface area contributed by atoms with E-state index in [-0.39, 0.29) is 11.7 Å². The Labute approximate surface area is 139 Å². The van der Waals surface area contributed by atoms with Gasteiger partial charge in [0.1, 0.15) is 5.75 Å². The minimum Gasteiger partial charge on any atom is -0.484 e. The van der Waals surface area contributed by atoms with Crippen molar-refractivity contribution in [1.29, 1.82) is 0 Å². The first-order chi connectivity index (χ1) is 11.4. The predicted octanol–water partition coefficient (Wildman–Crippen LogP) is 2.68. The molecule has 0 N–H and O–H groups in total. The van der Waals surface area contributed by atoms with E-state index in [4.69, 9.17) is 4.74 Å². The summed E-state index contributed by atoms with van der Waals surface area (Å²) in [6.07, 6.45) is -2.26. The molecule has 0 bridgehead atoms. The van der Waals surface area contributed by atoms with Gasteiger partial charge in [-0.15, -0.1) is 0 Å². The zero-order valence-corrected chi connectivity index (χ0v) is 13.4. The summed E-state index contributed by atoms with van der Waals surface area (Å²) < 4.78 is 41.0. The highest BCUT2D eigenvalue weighted by Crippen LogP contribution is 2.31. The van der Waals surface area contributed by atoms with Crippen LogP contribution in [0, 0.1) is 5.92 Å². The molecule has 1 aromatic carbocycles. The number of nitrogens with zero attached hydrogens (tertiary/aromatic N) is 2. The molecule has 132 valence electrons. The fourth-order valence-corrected chi connectivity index (χ4v) is 2.83. The lowest BCUT2D eigenvalue weighted by atomic mass is 10.2. The van der Waals surface area contributed by atoms with Crippen LogP contribution in [0.1, 0.15) is 18.4 Å². The third-order valence-electron chi connectivity index (χ3n) is 4.34. The lowest BCUT2D eigenvalue weighted by Crippen LogP contribution is -2.48. The van der Waals surface area contributed by atoms with Gasteiger partial charge in [0, 0.05) is 38.6 Å². The summed E-state index contributed by atoms with van der Waals surface area (Å²) in [6, 6.07) is 6.70. The van der Waals surface area contributed by atoms with Crippen molar-refractivity contribution in [2.45, 2.75) is 25.6 Å². The quantitative estimate of drug-likeness (QED) is 0.825. The number of hydrogen-bond acceptors (Lipinski definition) is 3. The van der Waals surface area contributed by atoms with Crippen molar-refractivity contribution in [3.63, 3.8) is 0 Å². The van der Waals surface area contributed by atoms with E-state index in [1.54, 1.807) is 24.3 Å². The summed E-state index contributed by atoms with van der Waals surface area (Å²) in [5.41, 5.74) is 1.02. The Morgan fingerprint density at radius 2 is 1.71 bits per heavy atom. The van der Waals surface area contributed by atoms with Gasteiger partial charge in [-0.25, -0.2) is 0 Å². The Morgan fingerprint density at radius 1 is 1.08 bits per heavy atom. The molecule has 0 radical (unpaired) electrons. The number of hydrogen-bond donors (Lipinski definition) is 0. The summed E-state index contributed by atoms with van der Waals surface area (Å²) in [6.45, 7) is 2.61. The van der Waals surface area contributed by atoms with E-state index in [2.05, 4.69) is 4.90 Å². The zero-order valence-electron chi connectivity index (χ0n) is 13.4. The van der Waals surface area contributed by atoms with Crippen molar-refractivity contribution in [2.24, 2.45) is 5.92 Å². The zero-order chi connectivity index (χ0) is 17.2. The molecule has 2 aliphatic rings. The fraction of sp³-hybridized carbons (Fsp3) is 0.588. The molecule has 1 saturated carbocycles. The molecule has 4 nitrogen and oxygen atoms in total. The van der Waals surface area contributed by atoms with Crippen molar-refractivity contribution in [2.75, 3.05) is 32.8 Å². The van der Waals surface area contributed by atoms with E-state index in [9.17, 15) is 18.0 Å². The number of carbonyl (C=O) groups is 1. The highest BCUT2D eigenvalue weighted by atomic mass is 19.4. The van der Waals surface area contributed by atoms with E-state index >= 15 is 0 Å². The van der Waals surface area contributed by atoms with E-state index < -0.39 is 12.8 Å². The number of halogens is 3. The van der Waals surface area contributed by atoms with Crippen LogP contribution >= 0.6 is 0 Å². The Morgan fingerprint density at radius 3 is 2.25 bits per heavy atom. The molecular formula is C17H21F3N2O2. The van der Waals surface area contributed by atoms with Gasteiger partial charge in [-0.3, -0.25) is 9.69 Å². The molecule has 1 amide bonds. The molecule has 1 saturated heterocycles. The van der Waals surface area contributed by atoms with Gasteiger partial charge in [0.25, 0.3) is 0 Å². The molecule has 7 heteroatoms. The van der Waals surface area contributed by atoms with Crippen LogP contribution < -0.4 is 4.74 Å². The highest BCUT2D eigenvalue weighted by molar-refractivity contribution is 5.81. The minimum absolute atomic E-state index is 0.218. The first kappa shape index (κ1) is 17.1. The molecular weight excluding hydrogens is 321 g/mol. The second-order valence-electron chi connectivity index (χ2n) is 6.42. The number of carbonyl (C=O) groups excluding carboxylic acids is 1. The molecule has 1 aliphatic carbocycles. The summed E-state index contributed by atoms with van der Waals surface area (Å²) in [5, 5.41) is 0. The number of amides is 1. The number of alkyl halides is 3. The van der Waals surface area contributed by atoms with Gasteiger partial charge < -0.3 is 9.64 Å². The highest BCUT2D eigenvalue weighted by Gasteiger charge is 2.34. The van der Waals surface area contributed by atoms with Gasteiger partial charge in [0.15, 0.2) is 6.61 Å². The Kier molecular flexibility index (Phi) is 4.99. The molecule has 1 aliphatic heterocycles. The van der Waals surface area contributed by atoms with Crippen LogP contribution in [0.15, 0.2) is 24.3 Å². The molecule has 0 spiro atoms. The Balaban J connectivity index is 1.44. The van der Waals surface area contributed by atoms with E-state index in [0.29, 0.717) is 5.91 Å². The lowest BCUT2D eigenvalue weighted by Gasteiger charge is -2.35. The van der Waals surface area contributed by atoms with Gasteiger partial charge in [-0.1, -0.05) is 12.1 Å². The van der Waals surface area contributed by atoms with Crippen LogP contribution in [0.2, 0.25) is 0 Å². The van der Waals surface area contributed by atoms with Crippen molar-refractivity contribution in [1.82, 2.24) is 9.80 Å². The van der Waals surface area contributed by atoms with E-state index in [1.165, 1.54) is 0 Å². The second-order valence-corrected chi connectivity index (χ2v) is 6.42. The number of ether oxygens (including phenoxy) is 1. The van der Waals surface area contributed by atoms with Crippen molar-refractivity contribution < 1.29 is 22.7 Å². The van der Waals surface area contributed by atoms with Crippen molar-refractivity contribution >= 4 is 5.91 Å². The topological polar surface area (TPSA) is 32.8 Å². The largest absolute Gasteiger partial charge is 0.484 e. The van der Waals surface area contributed by atoms with Gasteiger partial charge in [-0.2, -0.15) is 13.2 Å². The van der Waals surface area contributed by atoms with Crippen LogP contribution in [0.5, 0.6) is 5.75 Å². The number of piperazine rings is 1. The van der Waals surface area contributed by atoms with Crippen LogP contribution in [-0.4, -0.2) is 54.7 Å². The predicted molar refractivity (Wildman–Crippen MR) is 82.6 cm³/mol. The maximum atomic E-state index is 12.1. The maximum absolute atomic E-state index is 12.1. The van der Waals surface area contributed by atoms with Gasteiger partial charge in [-0.05, 0) is 30.5 Å². The van der Waals surface area contributed by atoms with Crippen LogP contribution in [0.3, 0.4) is 0 Å². The van der Waals surface area contributed by atoms with Gasteiger partial charge in [0.05, 0.1) is 0 Å². The average molecular weight is 342 g/mol. The Bertz CT molecular complexity index is 562. The Hall–Kier alpha value is -1.76. The van der Waals surface area contributed by atoms with E-state index in [1.807, 2.05) is 4.90 Å². The molecule has 0 unspecified atom stereocenters. The summed E-state index contributed by atoms with van der Waals surface area (Å²) in [7, 11) is 0. The van der Waals surface area contributed by atoms with Crippen molar-refractivity contribution in [3.8, 4) is 5.75 Å². The molecule has 24 heavy (non-hydrogen) atoms. The second kappa shape index (κ2) is 7.01. The number of rotatable bonds is 5. The third kappa shape index (κ3) is 4.87. The molecule has 0 aromatic heterocycles. The maximum Gasteiger partial charge on any atom is 0.422 e. The first-order valence-electron chi connectivity index (χ1n) is 8.20. The van der Waals surface area contributed by atoms with Crippen LogP contribution in [0.4, 0.5) is 13.2 Å². The van der Waals surface area contributed by atoms with Crippen molar-refractivity contribution in [3.05, 3.63) is 29.8 Å². The summed E-state index contributed by atoms with van der Waals surface area (Å²) in [5.74, 6) is 0.775. The molecule has 2 fully saturated rings. The van der Waals surface area contributed by atoms with Crippen LogP contribution in [-0.2, 0) is 11.3 Å². The number of benzene rings is 1. The van der Waals surface area contributed by atoms with Gasteiger partial charge in [0.2, 0.25) is 5.91 Å². The fourth-order valence-electron chi connectivity index (χ4n) is 2.83. The monoisotopic (exact) mass is 342 g/mol. The molecule has 1 aromatic rings. The average Bonchev–Trinajstić information content (AvgIpc) is 3.38. The third-order valence-corrected chi connectivity index (χ3v) is 4.34. The normalized spacial score (nSPS) is 19.4. The van der Waals surface area contributed by atoms with Gasteiger partial charge >= 0.3 is 6.18 Å². The minimum atomic E-state index is -4.32. The standard InChI is InChI=1S/C17H21F3N2O2/c18-17(19,20)12-24-15-5-1-13(2-6-15)11-21-7-9-22(10-8-21)16(23)14-3-4-14/h1-2,5-6,14H,3-4,7-12H2.